The predicted octanol–water partition coefficient (Wildman–Crippen LogP) is 1.99. The van der Waals surface area contributed by atoms with Crippen LogP contribution in [0.25, 0.3) is 0 Å². The first-order valence-corrected chi connectivity index (χ1v) is 11.8. The van der Waals surface area contributed by atoms with Crippen LogP contribution in [-0.4, -0.2) is 70.8 Å². The Morgan fingerprint density at radius 3 is 2.19 bits per heavy atom. The summed E-state index contributed by atoms with van der Waals surface area (Å²) in [5.74, 6) is -2.63. The van der Waals surface area contributed by atoms with E-state index in [-0.39, 0.29) is 24.6 Å². The fourth-order valence-electron chi connectivity index (χ4n) is 4.31. The van der Waals surface area contributed by atoms with Crippen molar-refractivity contribution >= 4 is 41.7 Å². The number of aldehydes is 1. The fourth-order valence-corrected chi connectivity index (χ4v) is 4.31. The number of carboxylic acid groups (broad SMARTS) is 1. The molecular formula is C25H35N4O7+. The fraction of sp³-hybridized carbons (Fsp3) is 0.520. The molecule has 1 saturated heterocycles. The number of hydrogen-bond acceptors (Lipinski definition) is 6. The molecule has 1 aliphatic heterocycles. The SMILES string of the molecule is CC(=O)Nc1cccc(C(=O)N[C@H](C(=O)[N+]2(C(=O)N[C@H](C=O)CC(=O)O)CCCC2)C(C)(C)C)c1C. The molecule has 196 valence electrons. The number of quaternary nitrogens is 1. The molecule has 0 saturated carbocycles. The van der Waals surface area contributed by atoms with Crippen LogP contribution < -0.4 is 16.0 Å². The van der Waals surface area contributed by atoms with Gasteiger partial charge in [0.25, 0.3) is 5.91 Å². The number of nitrogens with zero attached hydrogens (tertiary/aromatic N) is 1. The zero-order valence-corrected chi connectivity index (χ0v) is 21.3. The van der Waals surface area contributed by atoms with Crippen LogP contribution in [0.1, 0.15) is 62.9 Å². The van der Waals surface area contributed by atoms with Gasteiger partial charge in [-0.25, -0.2) is 9.59 Å². The van der Waals surface area contributed by atoms with Crippen molar-refractivity contribution in [3.63, 3.8) is 0 Å². The summed E-state index contributed by atoms with van der Waals surface area (Å²) in [6, 6.07) is 1.74. The molecule has 5 amide bonds. The summed E-state index contributed by atoms with van der Waals surface area (Å²) >= 11 is 0. The van der Waals surface area contributed by atoms with E-state index < -0.39 is 52.2 Å². The molecule has 2 rings (SSSR count). The first-order chi connectivity index (χ1) is 16.7. The van der Waals surface area contributed by atoms with Crippen LogP contribution in [-0.2, 0) is 19.2 Å². The lowest BCUT2D eigenvalue weighted by Gasteiger charge is -2.37. The molecule has 4 N–H and O–H groups in total. The third-order valence-corrected chi connectivity index (χ3v) is 6.29. The molecule has 2 atom stereocenters. The second kappa shape index (κ2) is 11.4. The average Bonchev–Trinajstić information content (AvgIpc) is 3.27. The number of hydrogen-bond donors (Lipinski definition) is 4. The first-order valence-electron chi connectivity index (χ1n) is 11.8. The lowest BCUT2D eigenvalue weighted by atomic mass is 9.85. The van der Waals surface area contributed by atoms with Gasteiger partial charge in [-0.15, -0.1) is 0 Å². The van der Waals surface area contributed by atoms with E-state index in [1.165, 1.54) is 6.92 Å². The molecule has 11 heteroatoms. The van der Waals surface area contributed by atoms with E-state index in [0.29, 0.717) is 30.4 Å². The van der Waals surface area contributed by atoms with Crippen LogP contribution in [0.5, 0.6) is 0 Å². The van der Waals surface area contributed by atoms with Crippen molar-refractivity contribution in [1.82, 2.24) is 10.6 Å². The molecule has 0 spiro atoms. The van der Waals surface area contributed by atoms with Crippen LogP contribution in [0.4, 0.5) is 10.5 Å². The maximum Gasteiger partial charge on any atom is 0.424 e. The average molecular weight is 504 g/mol. The Hall–Kier alpha value is -3.60. The molecule has 0 radical (unpaired) electrons. The Morgan fingerprint density at radius 1 is 1.08 bits per heavy atom. The Kier molecular flexibility index (Phi) is 9.09. The highest BCUT2D eigenvalue weighted by atomic mass is 16.4. The second-order valence-corrected chi connectivity index (χ2v) is 10.2. The Labute approximate surface area is 210 Å². The summed E-state index contributed by atoms with van der Waals surface area (Å²) in [4.78, 5) is 74.4. The molecule has 1 aromatic carbocycles. The molecule has 36 heavy (non-hydrogen) atoms. The number of amides is 5. The van der Waals surface area contributed by atoms with Gasteiger partial charge in [0.1, 0.15) is 12.3 Å². The van der Waals surface area contributed by atoms with E-state index in [1.54, 1.807) is 45.9 Å². The van der Waals surface area contributed by atoms with E-state index in [4.69, 9.17) is 5.11 Å². The second-order valence-electron chi connectivity index (χ2n) is 10.2. The van der Waals surface area contributed by atoms with Gasteiger partial charge in [0, 0.05) is 31.0 Å². The predicted molar refractivity (Wildman–Crippen MR) is 131 cm³/mol. The summed E-state index contributed by atoms with van der Waals surface area (Å²) in [6.45, 7) is 8.67. The zero-order chi connectivity index (χ0) is 27.3. The van der Waals surface area contributed by atoms with Gasteiger partial charge in [-0.3, -0.25) is 19.7 Å². The van der Waals surface area contributed by atoms with E-state index >= 15 is 0 Å². The molecule has 0 bridgehead atoms. The number of aliphatic carboxylic acids is 1. The molecular weight excluding hydrogens is 468 g/mol. The van der Waals surface area contributed by atoms with Crippen LogP contribution >= 0.6 is 0 Å². The minimum absolute atomic E-state index is 0.169. The normalized spacial score (nSPS) is 16.4. The number of urea groups is 1. The van der Waals surface area contributed by atoms with Crippen molar-refractivity contribution in [3.8, 4) is 0 Å². The minimum atomic E-state index is -1.28. The third kappa shape index (κ3) is 6.54. The van der Waals surface area contributed by atoms with Gasteiger partial charge < -0.3 is 20.5 Å². The molecule has 0 aliphatic carbocycles. The van der Waals surface area contributed by atoms with E-state index in [9.17, 15) is 28.8 Å². The highest BCUT2D eigenvalue weighted by molar-refractivity contribution is 6.01. The maximum atomic E-state index is 13.9. The van der Waals surface area contributed by atoms with Gasteiger partial charge in [0.2, 0.25) is 5.91 Å². The number of likely N-dealkylation sites (tertiary alicyclic amines) is 1. The number of carbonyl (C=O) groups is 6. The highest BCUT2D eigenvalue weighted by Crippen LogP contribution is 2.29. The molecule has 1 aromatic rings. The van der Waals surface area contributed by atoms with Gasteiger partial charge in [0.15, 0.2) is 6.04 Å². The van der Waals surface area contributed by atoms with E-state index in [0.717, 1.165) is 0 Å². The largest absolute Gasteiger partial charge is 0.481 e. The summed E-state index contributed by atoms with van der Waals surface area (Å²) in [6.07, 6.45) is 0.878. The van der Waals surface area contributed by atoms with Crippen LogP contribution in [0.3, 0.4) is 0 Å². The number of rotatable bonds is 8. The lowest BCUT2D eigenvalue weighted by molar-refractivity contribution is -0.761. The van der Waals surface area contributed by atoms with E-state index in [2.05, 4.69) is 16.0 Å². The topological polar surface area (TPSA) is 159 Å². The van der Waals surface area contributed by atoms with E-state index in [1.807, 2.05) is 0 Å². The summed E-state index contributed by atoms with van der Waals surface area (Å²) < 4.78 is -0.642. The van der Waals surface area contributed by atoms with Gasteiger partial charge in [0.05, 0.1) is 19.5 Å². The van der Waals surface area contributed by atoms with Gasteiger partial charge in [-0.1, -0.05) is 26.8 Å². The molecule has 1 heterocycles. The Bertz CT molecular complexity index is 1050. The summed E-state index contributed by atoms with van der Waals surface area (Å²) in [7, 11) is 0. The molecule has 11 nitrogen and oxygen atoms in total. The van der Waals surface area contributed by atoms with Crippen molar-refractivity contribution in [2.24, 2.45) is 5.41 Å². The first kappa shape index (κ1) is 28.6. The maximum absolute atomic E-state index is 13.9. The van der Waals surface area contributed by atoms with Crippen LogP contribution in [0, 0.1) is 12.3 Å². The zero-order valence-electron chi connectivity index (χ0n) is 21.3. The molecule has 0 aromatic heterocycles. The minimum Gasteiger partial charge on any atom is -0.481 e. The van der Waals surface area contributed by atoms with Crippen molar-refractivity contribution in [2.45, 2.75) is 66.0 Å². The smallest absolute Gasteiger partial charge is 0.424 e. The highest BCUT2D eigenvalue weighted by Gasteiger charge is 2.53. The van der Waals surface area contributed by atoms with Crippen LogP contribution in [0.2, 0.25) is 0 Å². The molecule has 1 aliphatic rings. The Balaban J connectivity index is 2.39. The van der Waals surface area contributed by atoms with Gasteiger partial charge in [-0.05, 0) is 30.0 Å². The monoisotopic (exact) mass is 503 g/mol. The number of carboxylic acids is 1. The number of nitrogens with one attached hydrogen (secondary N) is 3. The van der Waals surface area contributed by atoms with Gasteiger partial charge in [-0.2, -0.15) is 4.48 Å². The van der Waals surface area contributed by atoms with Crippen molar-refractivity contribution < 1.29 is 38.4 Å². The van der Waals surface area contributed by atoms with Gasteiger partial charge >= 0.3 is 17.9 Å². The quantitative estimate of drug-likeness (QED) is 0.312. The van der Waals surface area contributed by atoms with Crippen molar-refractivity contribution in [1.29, 1.82) is 0 Å². The molecule has 1 fully saturated rings. The number of benzene rings is 1. The lowest BCUT2D eigenvalue weighted by Crippen LogP contribution is -2.67. The standard InChI is InChI=1S/C25H34N4O7/c1-15-18(9-8-10-19(15)26-16(2)31)22(34)28-21(25(3,4)5)23(35)29(11-6-7-12-29)24(36)27-17(14-30)13-20(32)33/h8-10,14,17,21H,6-7,11-13H2,1-5H3,(H3-,26,27,28,31,32,33,34,36)/p+1/t17-,21+/m0/s1. The summed E-state index contributed by atoms with van der Waals surface area (Å²) in [5, 5.41) is 16.9. The van der Waals surface area contributed by atoms with Crippen molar-refractivity contribution in [2.75, 3.05) is 18.4 Å². The third-order valence-electron chi connectivity index (χ3n) is 6.29. The number of anilines is 1. The Morgan fingerprint density at radius 2 is 1.69 bits per heavy atom. The van der Waals surface area contributed by atoms with Crippen LogP contribution in [0.15, 0.2) is 18.2 Å². The summed E-state index contributed by atoms with van der Waals surface area (Å²) in [5.41, 5.74) is 0.475. The molecule has 0 unspecified atom stereocenters. The number of carbonyl (C=O) groups excluding carboxylic acids is 5. The number of imide groups is 1. The van der Waals surface area contributed by atoms with Crippen molar-refractivity contribution in [3.05, 3.63) is 29.3 Å².